The van der Waals surface area contributed by atoms with Crippen molar-refractivity contribution in [3.05, 3.63) is 33.5 Å². The first kappa shape index (κ1) is 14.1. The smallest absolute Gasteiger partial charge is 0.116 e. The van der Waals surface area contributed by atoms with Gasteiger partial charge in [0.1, 0.15) is 4.99 Å². The minimum Gasteiger partial charge on any atom is -0.378 e. The Bertz CT molecular complexity index is 410. The highest BCUT2D eigenvalue weighted by Gasteiger charge is 2.09. The summed E-state index contributed by atoms with van der Waals surface area (Å²) in [6.45, 7) is 6.18. The van der Waals surface area contributed by atoms with E-state index in [1.54, 1.807) is 11.3 Å². The summed E-state index contributed by atoms with van der Waals surface area (Å²) in [5.41, 5.74) is 1.27. The van der Waals surface area contributed by atoms with Crippen molar-refractivity contribution in [1.29, 1.82) is 0 Å². The van der Waals surface area contributed by atoms with Gasteiger partial charge in [0, 0.05) is 11.9 Å². The second-order valence-corrected chi connectivity index (χ2v) is 5.08. The van der Waals surface area contributed by atoms with Gasteiger partial charge in [-0.15, -0.1) is 11.3 Å². The van der Waals surface area contributed by atoms with Crippen LogP contribution in [-0.2, 0) is 0 Å². The van der Waals surface area contributed by atoms with E-state index in [4.69, 9.17) is 12.2 Å². The highest BCUT2D eigenvalue weighted by Crippen LogP contribution is 2.28. The molecule has 0 aromatic carbocycles. The standard InChI is InChI=1S/C12H13NS2.C2H6/c1-8-3-5-9-7-11(12(14)13-2)15-10(9)6-4-8;1-2/h3-8H,1-2H3,(H,13,14);1-2H3. The first-order chi connectivity index (χ1) is 8.20. The molecule has 0 amide bonds. The molecule has 1 aromatic heterocycles. The summed E-state index contributed by atoms with van der Waals surface area (Å²) >= 11 is 6.96. The van der Waals surface area contributed by atoms with Crippen LogP contribution in [-0.4, -0.2) is 12.0 Å². The van der Waals surface area contributed by atoms with Gasteiger partial charge < -0.3 is 5.32 Å². The normalized spacial score (nSPS) is 16.6. The van der Waals surface area contributed by atoms with E-state index in [9.17, 15) is 0 Å². The van der Waals surface area contributed by atoms with Crippen LogP contribution in [0, 0.1) is 5.92 Å². The Morgan fingerprint density at radius 2 is 1.94 bits per heavy atom. The van der Waals surface area contributed by atoms with Crippen molar-refractivity contribution < 1.29 is 0 Å². The average Bonchev–Trinajstić information content (AvgIpc) is 2.71. The summed E-state index contributed by atoms with van der Waals surface area (Å²) in [5, 5.41) is 3.01. The van der Waals surface area contributed by atoms with Gasteiger partial charge in [-0.2, -0.15) is 0 Å². The van der Waals surface area contributed by atoms with Crippen molar-refractivity contribution in [2.45, 2.75) is 20.8 Å². The quantitative estimate of drug-likeness (QED) is 0.758. The van der Waals surface area contributed by atoms with Crippen molar-refractivity contribution >= 4 is 40.7 Å². The fraction of sp³-hybridized carbons (Fsp3) is 0.357. The highest BCUT2D eigenvalue weighted by atomic mass is 32.1. The van der Waals surface area contributed by atoms with E-state index in [1.165, 1.54) is 10.4 Å². The van der Waals surface area contributed by atoms with E-state index in [-0.39, 0.29) is 0 Å². The molecule has 1 unspecified atom stereocenters. The molecule has 0 spiro atoms. The molecular formula is C14H19NS2. The number of allylic oxidation sites excluding steroid dienone is 2. The number of fused-ring (bicyclic) bond motifs is 1. The fourth-order valence-corrected chi connectivity index (χ4v) is 2.67. The van der Waals surface area contributed by atoms with Crippen molar-refractivity contribution in [1.82, 2.24) is 5.32 Å². The Hall–Kier alpha value is -0.930. The lowest BCUT2D eigenvalue weighted by Gasteiger charge is -1.96. The van der Waals surface area contributed by atoms with Crippen LogP contribution in [0.1, 0.15) is 36.1 Å². The van der Waals surface area contributed by atoms with E-state index in [1.807, 2.05) is 20.9 Å². The maximum Gasteiger partial charge on any atom is 0.116 e. The van der Waals surface area contributed by atoms with Gasteiger partial charge in [0.2, 0.25) is 0 Å². The molecule has 2 rings (SSSR count). The molecule has 1 aromatic rings. The summed E-state index contributed by atoms with van der Waals surface area (Å²) in [7, 11) is 1.86. The first-order valence-electron chi connectivity index (χ1n) is 5.93. The number of hydrogen-bond acceptors (Lipinski definition) is 2. The van der Waals surface area contributed by atoms with E-state index < -0.39 is 0 Å². The minimum absolute atomic E-state index is 0.518. The summed E-state index contributed by atoms with van der Waals surface area (Å²) in [6, 6.07) is 2.15. The van der Waals surface area contributed by atoms with Crippen LogP contribution in [0.3, 0.4) is 0 Å². The van der Waals surface area contributed by atoms with E-state index >= 15 is 0 Å². The van der Waals surface area contributed by atoms with Crippen LogP contribution >= 0.6 is 23.6 Å². The van der Waals surface area contributed by atoms with Crippen LogP contribution in [0.25, 0.3) is 12.2 Å². The molecular weight excluding hydrogens is 246 g/mol. The van der Waals surface area contributed by atoms with E-state index in [0.29, 0.717) is 5.92 Å². The van der Waals surface area contributed by atoms with Crippen LogP contribution in [0.5, 0.6) is 0 Å². The van der Waals surface area contributed by atoms with Gasteiger partial charge in [-0.25, -0.2) is 0 Å². The molecule has 0 saturated heterocycles. The maximum atomic E-state index is 5.22. The molecule has 0 aliphatic heterocycles. The third kappa shape index (κ3) is 3.51. The van der Waals surface area contributed by atoms with Gasteiger partial charge in [0.25, 0.3) is 0 Å². The topological polar surface area (TPSA) is 12.0 Å². The van der Waals surface area contributed by atoms with Crippen molar-refractivity contribution in [2.75, 3.05) is 7.05 Å². The van der Waals surface area contributed by atoms with Crippen molar-refractivity contribution in [3.63, 3.8) is 0 Å². The van der Waals surface area contributed by atoms with E-state index in [2.05, 4.69) is 42.6 Å². The second-order valence-electron chi connectivity index (χ2n) is 3.59. The van der Waals surface area contributed by atoms with Gasteiger partial charge >= 0.3 is 0 Å². The molecule has 0 saturated carbocycles. The predicted molar refractivity (Wildman–Crippen MR) is 83.7 cm³/mol. The number of hydrogen-bond donors (Lipinski definition) is 1. The van der Waals surface area contributed by atoms with E-state index in [0.717, 1.165) is 9.87 Å². The molecule has 1 N–H and O–H groups in total. The summed E-state index contributed by atoms with van der Waals surface area (Å²) in [4.78, 5) is 3.26. The third-order valence-corrected chi connectivity index (χ3v) is 4.06. The van der Waals surface area contributed by atoms with Crippen molar-refractivity contribution in [3.8, 4) is 0 Å². The maximum absolute atomic E-state index is 5.22. The molecule has 0 fully saturated rings. The van der Waals surface area contributed by atoms with Gasteiger partial charge in [0.15, 0.2) is 0 Å². The molecule has 1 aliphatic carbocycles. The average molecular weight is 265 g/mol. The molecule has 1 atom stereocenters. The van der Waals surface area contributed by atoms with Crippen LogP contribution in [0.4, 0.5) is 0 Å². The highest BCUT2D eigenvalue weighted by molar-refractivity contribution is 7.81. The second kappa shape index (κ2) is 6.72. The lowest BCUT2D eigenvalue weighted by molar-refractivity contribution is 0.954. The SMILES string of the molecule is CC.CNC(=S)c1cc2c(s1)C=CC(C)C=C2. The molecule has 92 valence electrons. The molecule has 1 nitrogen and oxygen atoms in total. The zero-order chi connectivity index (χ0) is 12.8. The van der Waals surface area contributed by atoms with Gasteiger partial charge in [0.05, 0.1) is 4.88 Å². The van der Waals surface area contributed by atoms with Gasteiger partial charge in [-0.05, 0) is 23.6 Å². The fourth-order valence-electron chi connectivity index (χ4n) is 1.47. The molecule has 3 heteroatoms. The predicted octanol–water partition coefficient (Wildman–Crippen LogP) is 4.35. The lowest BCUT2D eigenvalue weighted by Crippen LogP contribution is -2.14. The molecule has 0 radical (unpaired) electrons. The Kier molecular flexibility index (Phi) is 5.59. The molecule has 0 bridgehead atoms. The summed E-state index contributed by atoms with van der Waals surface area (Å²) in [5.74, 6) is 0.518. The Labute approximate surface area is 113 Å². The van der Waals surface area contributed by atoms with Crippen molar-refractivity contribution in [2.24, 2.45) is 5.92 Å². The summed E-state index contributed by atoms with van der Waals surface area (Å²) in [6.07, 6.45) is 8.79. The third-order valence-electron chi connectivity index (χ3n) is 2.37. The minimum atomic E-state index is 0.518. The summed E-state index contributed by atoms with van der Waals surface area (Å²) < 4.78 is 0. The molecule has 1 heterocycles. The Morgan fingerprint density at radius 1 is 1.29 bits per heavy atom. The van der Waals surface area contributed by atoms with Crippen LogP contribution in [0.15, 0.2) is 18.2 Å². The van der Waals surface area contributed by atoms with Crippen LogP contribution < -0.4 is 5.32 Å². The largest absolute Gasteiger partial charge is 0.378 e. The van der Waals surface area contributed by atoms with Gasteiger partial charge in [-0.1, -0.05) is 51.2 Å². The monoisotopic (exact) mass is 265 g/mol. The zero-order valence-electron chi connectivity index (χ0n) is 10.8. The molecule has 1 aliphatic rings. The van der Waals surface area contributed by atoms with Gasteiger partial charge in [-0.3, -0.25) is 0 Å². The number of nitrogens with one attached hydrogen (secondary N) is 1. The zero-order valence-corrected chi connectivity index (χ0v) is 12.4. The molecule has 17 heavy (non-hydrogen) atoms. The number of thiophene rings is 1. The first-order valence-corrected chi connectivity index (χ1v) is 7.15. The lowest BCUT2D eigenvalue weighted by atomic mass is 10.1. The Balaban J connectivity index is 0.000000686. The number of thiocarbonyl (C=S) groups is 1. The Morgan fingerprint density at radius 3 is 2.59 bits per heavy atom. The van der Waals surface area contributed by atoms with Crippen LogP contribution in [0.2, 0.25) is 0 Å². The number of rotatable bonds is 1.